The number of carbonyl (C=O) groups is 1. The van der Waals surface area contributed by atoms with Crippen LogP contribution in [0.1, 0.15) is 51.4 Å². The largest absolute Gasteiger partial charge is 0.379 e. The minimum absolute atomic E-state index is 0.235. The fourth-order valence-electron chi connectivity index (χ4n) is 5.22. The second kappa shape index (κ2) is 7.71. The average Bonchev–Trinajstić information content (AvgIpc) is 3.26. The van der Waals surface area contributed by atoms with Crippen molar-refractivity contribution in [2.24, 2.45) is 11.8 Å². The van der Waals surface area contributed by atoms with Gasteiger partial charge < -0.3 is 14.8 Å². The monoisotopic (exact) mass is 336 g/mol. The van der Waals surface area contributed by atoms with Crippen LogP contribution in [0.2, 0.25) is 0 Å². The molecule has 1 amide bonds. The molecule has 3 saturated heterocycles. The van der Waals surface area contributed by atoms with Crippen LogP contribution < -0.4 is 5.32 Å². The molecular weight excluding hydrogens is 304 g/mol. The van der Waals surface area contributed by atoms with E-state index in [1.807, 2.05) is 0 Å². The van der Waals surface area contributed by atoms with Crippen molar-refractivity contribution < 1.29 is 14.3 Å². The number of amides is 1. The minimum Gasteiger partial charge on any atom is -0.379 e. The molecule has 3 heterocycles. The van der Waals surface area contributed by atoms with Crippen LogP contribution in [0.25, 0.3) is 0 Å². The Bertz CT molecular complexity index is 430. The van der Waals surface area contributed by atoms with E-state index >= 15 is 0 Å². The summed E-state index contributed by atoms with van der Waals surface area (Å²) in [5.41, 5.74) is 0. The molecule has 0 aromatic rings. The molecule has 4 fully saturated rings. The smallest absolute Gasteiger partial charge is 0.223 e. The first-order chi connectivity index (χ1) is 11.8. The Morgan fingerprint density at radius 3 is 2.50 bits per heavy atom. The summed E-state index contributed by atoms with van der Waals surface area (Å²) in [5.74, 6) is 1.21. The lowest BCUT2D eigenvalue weighted by molar-refractivity contribution is -0.126. The van der Waals surface area contributed by atoms with E-state index < -0.39 is 0 Å². The highest BCUT2D eigenvalue weighted by atomic mass is 16.5. The van der Waals surface area contributed by atoms with Crippen molar-refractivity contribution >= 4 is 5.91 Å². The van der Waals surface area contributed by atoms with Crippen LogP contribution in [0.15, 0.2) is 0 Å². The summed E-state index contributed by atoms with van der Waals surface area (Å²) in [6.07, 6.45) is 10.2. The van der Waals surface area contributed by atoms with Crippen LogP contribution in [0.4, 0.5) is 0 Å². The van der Waals surface area contributed by atoms with Gasteiger partial charge in [0.2, 0.25) is 5.91 Å². The third-order valence-corrected chi connectivity index (χ3v) is 6.68. The Balaban J connectivity index is 1.14. The van der Waals surface area contributed by atoms with Gasteiger partial charge in [-0.25, -0.2) is 0 Å². The van der Waals surface area contributed by atoms with Gasteiger partial charge in [-0.3, -0.25) is 9.69 Å². The summed E-state index contributed by atoms with van der Waals surface area (Å²) < 4.78 is 11.3. The second-order valence-electron chi connectivity index (χ2n) is 8.10. The van der Waals surface area contributed by atoms with Gasteiger partial charge in [0.25, 0.3) is 0 Å². The Kier molecular flexibility index (Phi) is 5.40. The lowest BCUT2D eigenvalue weighted by Gasteiger charge is -2.38. The molecule has 0 radical (unpaired) electrons. The minimum atomic E-state index is 0.235. The van der Waals surface area contributed by atoms with E-state index in [-0.39, 0.29) is 5.92 Å². The molecule has 5 heteroatoms. The Hall–Kier alpha value is -0.650. The number of carbonyl (C=O) groups excluding carboxylic acids is 1. The molecule has 3 atom stereocenters. The summed E-state index contributed by atoms with van der Waals surface area (Å²) in [4.78, 5) is 15.0. The first-order valence-corrected chi connectivity index (χ1v) is 10.0. The van der Waals surface area contributed by atoms with Gasteiger partial charge in [-0.05, 0) is 57.3 Å². The van der Waals surface area contributed by atoms with Gasteiger partial charge >= 0.3 is 0 Å². The highest BCUT2D eigenvalue weighted by molar-refractivity contribution is 5.78. The normalized spacial score (nSPS) is 39.9. The highest BCUT2D eigenvalue weighted by Gasteiger charge is 2.40. The van der Waals surface area contributed by atoms with Crippen LogP contribution in [-0.2, 0) is 14.3 Å². The third-order valence-electron chi connectivity index (χ3n) is 6.68. The molecule has 4 aliphatic rings. The quantitative estimate of drug-likeness (QED) is 0.834. The molecule has 24 heavy (non-hydrogen) atoms. The van der Waals surface area contributed by atoms with Gasteiger partial charge in [0, 0.05) is 31.6 Å². The van der Waals surface area contributed by atoms with Gasteiger partial charge in [0.15, 0.2) is 0 Å². The Morgan fingerprint density at radius 2 is 1.83 bits per heavy atom. The average molecular weight is 336 g/mol. The zero-order chi connectivity index (χ0) is 16.4. The van der Waals surface area contributed by atoms with Crippen LogP contribution in [-0.4, -0.2) is 61.9 Å². The zero-order valence-electron chi connectivity index (χ0n) is 14.8. The maximum atomic E-state index is 12.4. The van der Waals surface area contributed by atoms with Crippen molar-refractivity contribution in [2.45, 2.75) is 69.6 Å². The summed E-state index contributed by atoms with van der Waals surface area (Å²) in [7, 11) is 0. The summed E-state index contributed by atoms with van der Waals surface area (Å²) in [6, 6.07) is 0.670. The van der Waals surface area contributed by atoms with Crippen LogP contribution in [0, 0.1) is 11.8 Å². The number of fused-ring (bicyclic) bond motifs is 2. The molecule has 3 unspecified atom stereocenters. The van der Waals surface area contributed by atoms with Gasteiger partial charge in [0.1, 0.15) is 0 Å². The standard InChI is InChI=1S/C19H32N2O3/c22-19(20-8-7-15-13-17-5-6-18(15)24-17)14-1-3-16(4-2-14)21-9-11-23-12-10-21/h14-18H,1-13H2,(H,20,22). The molecule has 136 valence electrons. The van der Waals surface area contributed by atoms with Gasteiger partial charge in [-0.1, -0.05) is 0 Å². The predicted octanol–water partition coefficient (Wildman–Crippen LogP) is 1.95. The third kappa shape index (κ3) is 3.78. The van der Waals surface area contributed by atoms with Crippen molar-refractivity contribution in [3.8, 4) is 0 Å². The number of hydrogen-bond acceptors (Lipinski definition) is 4. The maximum absolute atomic E-state index is 12.4. The molecule has 3 aliphatic heterocycles. The van der Waals surface area contributed by atoms with Crippen LogP contribution in [0.5, 0.6) is 0 Å². The van der Waals surface area contributed by atoms with E-state index in [1.165, 1.54) is 19.3 Å². The highest BCUT2D eigenvalue weighted by Crippen LogP contribution is 2.40. The van der Waals surface area contributed by atoms with Crippen LogP contribution in [0.3, 0.4) is 0 Å². The van der Waals surface area contributed by atoms with Gasteiger partial charge in [-0.15, -0.1) is 0 Å². The Labute approximate surface area is 145 Å². The van der Waals surface area contributed by atoms with Crippen molar-refractivity contribution in [3.05, 3.63) is 0 Å². The van der Waals surface area contributed by atoms with E-state index in [9.17, 15) is 4.79 Å². The van der Waals surface area contributed by atoms with E-state index in [0.717, 1.165) is 65.0 Å². The first-order valence-electron chi connectivity index (χ1n) is 10.0. The molecule has 0 aromatic carbocycles. The van der Waals surface area contributed by atoms with E-state index in [2.05, 4.69) is 10.2 Å². The zero-order valence-corrected chi connectivity index (χ0v) is 14.8. The number of nitrogens with one attached hydrogen (secondary N) is 1. The lowest BCUT2D eigenvalue weighted by atomic mass is 9.84. The van der Waals surface area contributed by atoms with Gasteiger partial charge in [-0.2, -0.15) is 0 Å². The molecule has 1 aliphatic carbocycles. The van der Waals surface area contributed by atoms with E-state index in [1.54, 1.807) is 0 Å². The topological polar surface area (TPSA) is 50.8 Å². The number of nitrogens with zero attached hydrogens (tertiary/aromatic N) is 1. The van der Waals surface area contributed by atoms with Crippen molar-refractivity contribution in [1.29, 1.82) is 0 Å². The molecule has 4 rings (SSSR count). The first kappa shape index (κ1) is 16.8. The number of morpholine rings is 1. The molecule has 1 N–H and O–H groups in total. The summed E-state index contributed by atoms with van der Waals surface area (Å²) in [6.45, 7) is 4.69. The number of hydrogen-bond donors (Lipinski definition) is 1. The molecule has 2 bridgehead atoms. The molecular formula is C19H32N2O3. The van der Waals surface area contributed by atoms with E-state index in [4.69, 9.17) is 9.47 Å². The fraction of sp³-hybridized carbons (Fsp3) is 0.947. The lowest BCUT2D eigenvalue weighted by Crippen LogP contribution is -2.46. The molecule has 1 saturated carbocycles. The number of ether oxygens (including phenoxy) is 2. The van der Waals surface area contributed by atoms with E-state index in [0.29, 0.717) is 30.1 Å². The van der Waals surface area contributed by atoms with Crippen LogP contribution >= 0.6 is 0 Å². The number of rotatable bonds is 5. The fourth-order valence-corrected chi connectivity index (χ4v) is 5.22. The van der Waals surface area contributed by atoms with Gasteiger partial charge in [0.05, 0.1) is 25.4 Å². The van der Waals surface area contributed by atoms with Crippen molar-refractivity contribution in [1.82, 2.24) is 10.2 Å². The Morgan fingerprint density at radius 1 is 1.04 bits per heavy atom. The molecule has 0 aromatic heterocycles. The maximum Gasteiger partial charge on any atom is 0.223 e. The molecule has 0 spiro atoms. The summed E-state index contributed by atoms with van der Waals surface area (Å²) in [5, 5.41) is 3.21. The SMILES string of the molecule is O=C(NCCC1CC2CCC1O2)C1CCC(N2CCOCC2)CC1. The second-order valence-corrected chi connectivity index (χ2v) is 8.10. The van der Waals surface area contributed by atoms with Crippen molar-refractivity contribution in [2.75, 3.05) is 32.8 Å². The summed E-state index contributed by atoms with van der Waals surface area (Å²) >= 11 is 0. The predicted molar refractivity (Wildman–Crippen MR) is 91.8 cm³/mol. The molecule has 5 nitrogen and oxygen atoms in total. The van der Waals surface area contributed by atoms with Crippen molar-refractivity contribution in [3.63, 3.8) is 0 Å².